The molecule has 3 fully saturated rings. The molecule has 0 aromatic carbocycles. The molecule has 0 spiro atoms. The topological polar surface area (TPSA) is 285 Å². The predicted octanol–water partition coefficient (Wildman–Crippen LogP) is -0.569. The summed E-state index contributed by atoms with van der Waals surface area (Å²) in [5.41, 5.74) is 10.0. The van der Waals surface area contributed by atoms with Gasteiger partial charge in [-0.15, -0.1) is 0 Å². The standard InChI is InChI=1S/C33H61N5O14/c1-31(2,3)50-28(43)36-13-15-10-11-17(37-29(44)51-32(4,5)6)26(46-15)49-25-18(38-30(45)52-33(7,8)9)12-16(34)24(23(25)42)48-27-22(41)20(35)21(40)19(14-39)47-27/h15-27,39-42H,10-14,34-35H2,1-9H3,(H,36,43)(H,37,44)(H,38,45)/t15-,16+,17+,18-,19+,20-,21+,22+,23+,24-,25+,26+,27+/m0/s1. The molecule has 19 nitrogen and oxygen atoms in total. The number of hydrogen-bond acceptors (Lipinski definition) is 16. The Bertz CT molecular complexity index is 1190. The van der Waals surface area contributed by atoms with E-state index in [-0.39, 0.29) is 13.0 Å². The number of carbonyl (C=O) groups is 3. The maximum Gasteiger partial charge on any atom is 0.408 e. The van der Waals surface area contributed by atoms with Gasteiger partial charge in [-0.25, -0.2) is 14.4 Å². The molecule has 2 heterocycles. The Kier molecular flexibility index (Phi) is 14.9. The number of amides is 3. The van der Waals surface area contributed by atoms with Crippen molar-refractivity contribution in [3.05, 3.63) is 0 Å². The Balaban J connectivity index is 1.91. The Labute approximate surface area is 304 Å². The highest BCUT2D eigenvalue weighted by atomic mass is 16.7. The van der Waals surface area contributed by atoms with E-state index < -0.39 is 121 Å². The van der Waals surface area contributed by atoms with Crippen LogP contribution in [0.15, 0.2) is 0 Å². The monoisotopic (exact) mass is 751 g/mol. The predicted molar refractivity (Wildman–Crippen MR) is 183 cm³/mol. The fourth-order valence-electron chi connectivity index (χ4n) is 5.98. The normalized spacial score (nSPS) is 35.9. The number of nitrogens with two attached hydrogens (primary N) is 2. The number of nitrogens with one attached hydrogen (secondary N) is 3. The molecule has 13 atom stereocenters. The first-order valence-electron chi connectivity index (χ1n) is 17.6. The van der Waals surface area contributed by atoms with Crippen molar-refractivity contribution in [2.75, 3.05) is 13.2 Å². The molecule has 0 unspecified atom stereocenters. The first kappa shape index (κ1) is 43.8. The summed E-state index contributed by atoms with van der Waals surface area (Å²) in [6.07, 6.45) is -13.5. The number of aliphatic hydroxyl groups excluding tert-OH is 4. The van der Waals surface area contributed by atoms with Gasteiger partial charge in [0.15, 0.2) is 12.6 Å². The number of hydrogen-bond donors (Lipinski definition) is 9. The molecule has 3 amide bonds. The lowest BCUT2D eigenvalue weighted by atomic mass is 9.83. The van der Waals surface area contributed by atoms with Gasteiger partial charge in [0.25, 0.3) is 0 Å². The first-order chi connectivity index (χ1) is 23.9. The van der Waals surface area contributed by atoms with Gasteiger partial charge in [-0.05, 0) is 81.6 Å². The van der Waals surface area contributed by atoms with E-state index in [1.807, 2.05) is 0 Å². The Morgan fingerprint density at radius 1 is 0.692 bits per heavy atom. The van der Waals surface area contributed by atoms with Crippen LogP contribution in [-0.4, -0.2) is 148 Å². The van der Waals surface area contributed by atoms with Crippen LogP contribution in [0.2, 0.25) is 0 Å². The third-order valence-corrected chi connectivity index (χ3v) is 8.27. The molecule has 2 saturated heterocycles. The zero-order valence-electron chi connectivity index (χ0n) is 31.6. The van der Waals surface area contributed by atoms with E-state index in [4.69, 9.17) is 44.6 Å². The maximum absolute atomic E-state index is 13.0. The minimum Gasteiger partial charge on any atom is -0.444 e. The summed E-state index contributed by atoms with van der Waals surface area (Å²) in [6, 6.07) is -4.08. The van der Waals surface area contributed by atoms with Crippen molar-refractivity contribution in [3.8, 4) is 0 Å². The van der Waals surface area contributed by atoms with Gasteiger partial charge < -0.3 is 81.0 Å². The molecule has 3 aliphatic rings. The van der Waals surface area contributed by atoms with Gasteiger partial charge in [0.05, 0.1) is 30.8 Å². The van der Waals surface area contributed by atoms with Crippen LogP contribution in [-0.2, 0) is 33.2 Å². The Hall–Kier alpha value is -2.59. The lowest BCUT2D eigenvalue weighted by Gasteiger charge is -2.48. The van der Waals surface area contributed by atoms with Crippen molar-refractivity contribution in [2.24, 2.45) is 11.5 Å². The van der Waals surface area contributed by atoms with Gasteiger partial charge in [0.1, 0.15) is 53.4 Å². The van der Waals surface area contributed by atoms with Crippen LogP contribution in [0.4, 0.5) is 14.4 Å². The Morgan fingerprint density at radius 3 is 1.75 bits per heavy atom. The molecular weight excluding hydrogens is 690 g/mol. The van der Waals surface area contributed by atoms with Crippen molar-refractivity contribution in [1.29, 1.82) is 0 Å². The van der Waals surface area contributed by atoms with Crippen LogP contribution in [0.25, 0.3) is 0 Å². The molecule has 0 aromatic heterocycles. The highest BCUT2D eigenvalue weighted by Crippen LogP contribution is 2.32. The van der Waals surface area contributed by atoms with Crippen LogP contribution in [0.3, 0.4) is 0 Å². The van der Waals surface area contributed by atoms with E-state index in [0.29, 0.717) is 12.8 Å². The van der Waals surface area contributed by atoms with Crippen LogP contribution in [0.5, 0.6) is 0 Å². The summed E-state index contributed by atoms with van der Waals surface area (Å²) < 4.78 is 40.5. The molecule has 1 aliphatic carbocycles. The van der Waals surface area contributed by atoms with E-state index in [1.165, 1.54) is 0 Å². The average molecular weight is 752 g/mol. The maximum atomic E-state index is 13.0. The number of rotatable bonds is 9. The molecule has 302 valence electrons. The van der Waals surface area contributed by atoms with Gasteiger partial charge in [-0.2, -0.15) is 0 Å². The lowest BCUT2D eigenvalue weighted by molar-refractivity contribution is -0.314. The Morgan fingerprint density at radius 2 is 1.21 bits per heavy atom. The SMILES string of the molecule is CC(C)(C)OC(=O)NC[C@@H]1CC[C@@H](NC(=O)OC(C)(C)C)[C@@H](O[C@H]2[C@H](O)[C@@H](O[C@H]3O[C@H](CO)[C@@H](O)[C@H](N)[C@H]3O)[C@H](N)C[C@@H]2NC(=O)OC(C)(C)C)O1. The first-order valence-corrected chi connectivity index (χ1v) is 17.6. The second-order valence-corrected chi connectivity index (χ2v) is 16.5. The minimum atomic E-state index is -1.64. The second kappa shape index (κ2) is 17.7. The molecule has 1 saturated carbocycles. The van der Waals surface area contributed by atoms with Gasteiger partial charge in [-0.1, -0.05) is 0 Å². The summed E-state index contributed by atoms with van der Waals surface area (Å²) in [5.74, 6) is 0. The molecular formula is C33H61N5O14. The van der Waals surface area contributed by atoms with Crippen molar-refractivity contribution in [2.45, 2.75) is 178 Å². The van der Waals surface area contributed by atoms with Gasteiger partial charge in [-0.3, -0.25) is 0 Å². The van der Waals surface area contributed by atoms with E-state index >= 15 is 0 Å². The summed E-state index contributed by atoms with van der Waals surface area (Å²) >= 11 is 0. The summed E-state index contributed by atoms with van der Waals surface area (Å²) in [6.45, 7) is 14.7. The van der Waals surface area contributed by atoms with Crippen LogP contribution in [0.1, 0.15) is 81.6 Å². The fourth-order valence-corrected chi connectivity index (χ4v) is 5.98. The van der Waals surface area contributed by atoms with Crippen molar-refractivity contribution in [3.63, 3.8) is 0 Å². The van der Waals surface area contributed by atoms with E-state index in [2.05, 4.69) is 16.0 Å². The third kappa shape index (κ3) is 13.1. The summed E-state index contributed by atoms with van der Waals surface area (Å²) in [5, 5.41) is 50.7. The van der Waals surface area contributed by atoms with Gasteiger partial charge >= 0.3 is 18.3 Å². The number of carbonyl (C=O) groups excluding carboxylic acids is 3. The molecule has 0 aromatic rings. The van der Waals surface area contributed by atoms with Crippen molar-refractivity contribution < 1.29 is 68.0 Å². The molecule has 11 N–H and O–H groups in total. The molecule has 3 rings (SSSR count). The number of alkyl carbamates (subject to hydrolysis) is 3. The lowest BCUT2D eigenvalue weighted by Crippen LogP contribution is -2.69. The van der Waals surface area contributed by atoms with Gasteiger partial charge in [0.2, 0.25) is 0 Å². The average Bonchev–Trinajstić information content (AvgIpc) is 2.98. The molecule has 0 radical (unpaired) electrons. The summed E-state index contributed by atoms with van der Waals surface area (Å²) in [4.78, 5) is 38.3. The zero-order chi connectivity index (χ0) is 39.3. The quantitative estimate of drug-likeness (QED) is 0.133. The zero-order valence-corrected chi connectivity index (χ0v) is 31.6. The molecule has 0 bridgehead atoms. The molecule has 2 aliphatic heterocycles. The van der Waals surface area contributed by atoms with Crippen LogP contribution in [0, 0.1) is 0 Å². The number of ether oxygens (including phenoxy) is 7. The third-order valence-electron chi connectivity index (χ3n) is 8.27. The van der Waals surface area contributed by atoms with Crippen molar-refractivity contribution in [1.82, 2.24) is 16.0 Å². The van der Waals surface area contributed by atoms with Crippen LogP contribution >= 0.6 is 0 Å². The van der Waals surface area contributed by atoms with E-state index in [1.54, 1.807) is 62.3 Å². The fraction of sp³-hybridized carbons (Fsp3) is 0.909. The highest BCUT2D eigenvalue weighted by molar-refractivity contribution is 5.69. The number of aliphatic hydroxyl groups is 4. The van der Waals surface area contributed by atoms with Crippen molar-refractivity contribution >= 4 is 18.3 Å². The van der Waals surface area contributed by atoms with Crippen LogP contribution < -0.4 is 27.4 Å². The van der Waals surface area contributed by atoms with Gasteiger partial charge in [0, 0.05) is 12.6 Å². The molecule has 19 heteroatoms. The smallest absolute Gasteiger partial charge is 0.408 e. The van der Waals surface area contributed by atoms with E-state index in [0.717, 1.165) is 0 Å². The van der Waals surface area contributed by atoms with E-state index in [9.17, 15) is 34.8 Å². The molecule has 52 heavy (non-hydrogen) atoms. The minimum absolute atomic E-state index is 0.0202. The largest absolute Gasteiger partial charge is 0.444 e. The second-order valence-electron chi connectivity index (χ2n) is 16.5. The summed E-state index contributed by atoms with van der Waals surface area (Å²) in [7, 11) is 0. The highest BCUT2D eigenvalue weighted by Gasteiger charge is 2.51.